The predicted octanol–water partition coefficient (Wildman–Crippen LogP) is 2.62. The van der Waals surface area contributed by atoms with E-state index in [0.29, 0.717) is 17.9 Å². The summed E-state index contributed by atoms with van der Waals surface area (Å²) in [7, 11) is 1.78. The Morgan fingerprint density at radius 1 is 1.17 bits per heavy atom. The molecule has 0 spiro atoms. The molecule has 0 bridgehead atoms. The normalized spacial score (nSPS) is 15.3. The van der Waals surface area contributed by atoms with Gasteiger partial charge in [0.05, 0.1) is 6.61 Å². The van der Waals surface area contributed by atoms with Gasteiger partial charge in [-0.2, -0.15) is 0 Å². The Hall–Kier alpha value is -0.120. The third kappa shape index (κ3) is 8.06. The summed E-state index contributed by atoms with van der Waals surface area (Å²) in [4.78, 5) is 2.56. The zero-order chi connectivity index (χ0) is 14.0. The zero-order valence-corrected chi connectivity index (χ0v) is 13.3. The molecular formula is C15H34N2O. The van der Waals surface area contributed by atoms with E-state index in [4.69, 9.17) is 4.74 Å². The largest absolute Gasteiger partial charge is 0.383 e. The van der Waals surface area contributed by atoms with Gasteiger partial charge in [0.1, 0.15) is 0 Å². The number of ether oxygens (including phenoxy) is 1. The van der Waals surface area contributed by atoms with Crippen LogP contribution in [0.25, 0.3) is 0 Å². The molecule has 3 heteroatoms. The average Bonchev–Trinajstić information content (AvgIpc) is 2.33. The number of rotatable bonds is 11. The van der Waals surface area contributed by atoms with E-state index in [9.17, 15) is 0 Å². The second-order valence-electron chi connectivity index (χ2n) is 5.80. The Labute approximate surface area is 114 Å². The SMILES string of the molecule is CCCNCC(C)C(C)N(CCOC)CC(C)C. The number of hydrogen-bond acceptors (Lipinski definition) is 3. The molecule has 0 aromatic rings. The molecular weight excluding hydrogens is 224 g/mol. The van der Waals surface area contributed by atoms with Crippen LogP contribution in [0.1, 0.15) is 41.0 Å². The second-order valence-corrected chi connectivity index (χ2v) is 5.80. The summed E-state index contributed by atoms with van der Waals surface area (Å²) in [5, 5.41) is 3.52. The number of methoxy groups -OCH3 is 1. The van der Waals surface area contributed by atoms with Crippen molar-refractivity contribution in [2.75, 3.05) is 39.9 Å². The maximum absolute atomic E-state index is 5.23. The molecule has 0 rings (SSSR count). The van der Waals surface area contributed by atoms with Crippen LogP contribution in [0.5, 0.6) is 0 Å². The lowest BCUT2D eigenvalue weighted by atomic mass is 10.0. The van der Waals surface area contributed by atoms with Gasteiger partial charge in [0, 0.05) is 26.2 Å². The van der Waals surface area contributed by atoms with E-state index >= 15 is 0 Å². The van der Waals surface area contributed by atoms with E-state index in [0.717, 1.165) is 32.8 Å². The summed E-state index contributed by atoms with van der Waals surface area (Å²) in [5.41, 5.74) is 0. The number of hydrogen-bond donors (Lipinski definition) is 1. The molecule has 2 unspecified atom stereocenters. The first-order valence-electron chi connectivity index (χ1n) is 7.46. The van der Waals surface area contributed by atoms with Gasteiger partial charge >= 0.3 is 0 Å². The highest BCUT2D eigenvalue weighted by molar-refractivity contribution is 4.75. The molecule has 0 aromatic carbocycles. The van der Waals surface area contributed by atoms with Crippen molar-refractivity contribution < 1.29 is 4.74 Å². The van der Waals surface area contributed by atoms with Gasteiger partial charge in [-0.15, -0.1) is 0 Å². The Balaban J connectivity index is 4.19. The monoisotopic (exact) mass is 258 g/mol. The Morgan fingerprint density at radius 3 is 2.33 bits per heavy atom. The summed E-state index contributed by atoms with van der Waals surface area (Å²) >= 11 is 0. The molecule has 0 aliphatic rings. The second kappa shape index (κ2) is 10.8. The van der Waals surface area contributed by atoms with E-state index in [1.807, 2.05) is 0 Å². The predicted molar refractivity (Wildman–Crippen MR) is 80.1 cm³/mol. The van der Waals surface area contributed by atoms with Crippen molar-refractivity contribution in [3.63, 3.8) is 0 Å². The van der Waals surface area contributed by atoms with Gasteiger partial charge < -0.3 is 10.1 Å². The van der Waals surface area contributed by atoms with Crippen molar-refractivity contribution >= 4 is 0 Å². The van der Waals surface area contributed by atoms with Gasteiger partial charge in [-0.3, -0.25) is 4.90 Å². The van der Waals surface area contributed by atoms with E-state index in [2.05, 4.69) is 44.8 Å². The van der Waals surface area contributed by atoms with Gasteiger partial charge in [0.15, 0.2) is 0 Å². The standard InChI is InChI=1S/C15H34N2O/c1-7-8-16-11-14(4)15(5)17(9-10-18-6)12-13(2)3/h13-16H,7-12H2,1-6H3. The Morgan fingerprint density at radius 2 is 1.83 bits per heavy atom. The lowest BCUT2D eigenvalue weighted by molar-refractivity contribution is 0.0942. The molecule has 1 N–H and O–H groups in total. The lowest BCUT2D eigenvalue weighted by Crippen LogP contribution is -2.44. The molecule has 0 saturated carbocycles. The van der Waals surface area contributed by atoms with Crippen LogP contribution in [0.3, 0.4) is 0 Å². The molecule has 110 valence electrons. The highest BCUT2D eigenvalue weighted by atomic mass is 16.5. The fourth-order valence-corrected chi connectivity index (χ4v) is 2.18. The molecule has 0 amide bonds. The number of nitrogens with one attached hydrogen (secondary N) is 1. The van der Waals surface area contributed by atoms with Crippen molar-refractivity contribution in [1.29, 1.82) is 0 Å². The van der Waals surface area contributed by atoms with Crippen LogP contribution in [0.15, 0.2) is 0 Å². The van der Waals surface area contributed by atoms with Crippen LogP contribution < -0.4 is 5.32 Å². The van der Waals surface area contributed by atoms with Crippen LogP contribution in [0.4, 0.5) is 0 Å². The number of nitrogens with zero attached hydrogens (tertiary/aromatic N) is 1. The summed E-state index contributed by atoms with van der Waals surface area (Å²) in [6.45, 7) is 16.7. The van der Waals surface area contributed by atoms with Crippen LogP contribution >= 0.6 is 0 Å². The Bertz CT molecular complexity index is 185. The minimum absolute atomic E-state index is 0.604. The molecule has 0 aliphatic heterocycles. The van der Waals surface area contributed by atoms with Crippen LogP contribution in [0, 0.1) is 11.8 Å². The maximum atomic E-state index is 5.23. The van der Waals surface area contributed by atoms with E-state index in [1.54, 1.807) is 7.11 Å². The molecule has 3 nitrogen and oxygen atoms in total. The van der Waals surface area contributed by atoms with Crippen LogP contribution in [-0.2, 0) is 4.74 Å². The van der Waals surface area contributed by atoms with Crippen molar-refractivity contribution in [1.82, 2.24) is 10.2 Å². The van der Waals surface area contributed by atoms with Gasteiger partial charge in [-0.1, -0.05) is 27.7 Å². The quantitative estimate of drug-likeness (QED) is 0.577. The smallest absolute Gasteiger partial charge is 0.0589 e. The summed E-state index contributed by atoms with van der Waals surface area (Å²) < 4.78 is 5.23. The summed E-state index contributed by atoms with van der Waals surface area (Å²) in [6, 6.07) is 0.604. The van der Waals surface area contributed by atoms with Gasteiger partial charge in [0.25, 0.3) is 0 Å². The van der Waals surface area contributed by atoms with E-state index in [1.165, 1.54) is 6.42 Å². The third-order valence-electron chi connectivity index (χ3n) is 3.47. The fraction of sp³-hybridized carbons (Fsp3) is 1.00. The van der Waals surface area contributed by atoms with Gasteiger partial charge in [-0.25, -0.2) is 0 Å². The highest BCUT2D eigenvalue weighted by Gasteiger charge is 2.20. The minimum atomic E-state index is 0.604. The van der Waals surface area contributed by atoms with Crippen molar-refractivity contribution in [2.45, 2.75) is 47.1 Å². The molecule has 0 radical (unpaired) electrons. The molecule has 0 saturated heterocycles. The minimum Gasteiger partial charge on any atom is -0.383 e. The first-order chi connectivity index (χ1) is 8.52. The molecule has 2 atom stereocenters. The molecule has 0 aliphatic carbocycles. The molecule has 18 heavy (non-hydrogen) atoms. The van der Waals surface area contributed by atoms with Gasteiger partial charge in [-0.05, 0) is 38.3 Å². The highest BCUT2D eigenvalue weighted by Crippen LogP contribution is 2.12. The zero-order valence-electron chi connectivity index (χ0n) is 13.3. The van der Waals surface area contributed by atoms with Crippen LogP contribution in [-0.4, -0.2) is 50.8 Å². The van der Waals surface area contributed by atoms with E-state index < -0.39 is 0 Å². The van der Waals surface area contributed by atoms with Crippen LogP contribution in [0.2, 0.25) is 0 Å². The fourth-order valence-electron chi connectivity index (χ4n) is 2.18. The summed E-state index contributed by atoms with van der Waals surface area (Å²) in [6.07, 6.45) is 1.21. The topological polar surface area (TPSA) is 24.5 Å². The maximum Gasteiger partial charge on any atom is 0.0589 e. The molecule has 0 heterocycles. The van der Waals surface area contributed by atoms with E-state index in [-0.39, 0.29) is 0 Å². The van der Waals surface area contributed by atoms with Gasteiger partial charge in [0.2, 0.25) is 0 Å². The van der Waals surface area contributed by atoms with Crippen molar-refractivity contribution in [2.24, 2.45) is 11.8 Å². The lowest BCUT2D eigenvalue weighted by Gasteiger charge is -2.34. The first kappa shape index (κ1) is 17.9. The Kier molecular flexibility index (Phi) is 10.7. The van der Waals surface area contributed by atoms with Crippen molar-refractivity contribution in [3.8, 4) is 0 Å². The molecule has 0 aromatic heterocycles. The third-order valence-corrected chi connectivity index (χ3v) is 3.47. The van der Waals surface area contributed by atoms with Crippen molar-refractivity contribution in [3.05, 3.63) is 0 Å². The average molecular weight is 258 g/mol. The summed E-state index contributed by atoms with van der Waals surface area (Å²) in [5.74, 6) is 1.38. The molecule has 0 fully saturated rings. The first-order valence-corrected chi connectivity index (χ1v) is 7.46.